The van der Waals surface area contributed by atoms with Gasteiger partial charge in [0.15, 0.2) is 0 Å². The zero-order valence-electron chi connectivity index (χ0n) is 14.1. The average molecular weight is 370 g/mol. The van der Waals surface area contributed by atoms with Crippen LogP contribution in [0.2, 0.25) is 0 Å². The highest BCUT2D eigenvalue weighted by atomic mass is 32.2. The number of pyridine rings is 1. The maximum atomic E-state index is 12.3. The number of nitrogens with zero attached hydrogens (tertiary/aromatic N) is 3. The number of ether oxygens (including phenoxy) is 1. The number of nitrogens with one attached hydrogen (secondary N) is 1. The third kappa shape index (κ3) is 5.40. The molecule has 9 nitrogen and oxygen atoms in total. The van der Waals surface area contributed by atoms with Crippen molar-refractivity contribution in [2.75, 3.05) is 45.1 Å². The molecule has 1 aromatic rings. The Hall–Kier alpha value is -2.20. The Balaban J connectivity index is 1.78. The molecule has 0 aliphatic carbocycles. The number of amides is 2. The SMILES string of the molecule is CCOC(=O)N1CCN(S(=O)(=O)CCNC(=O)c2cccnc2)CC1. The van der Waals surface area contributed by atoms with Crippen LogP contribution in [0.15, 0.2) is 24.5 Å². The van der Waals surface area contributed by atoms with Gasteiger partial charge in [-0.15, -0.1) is 0 Å². The van der Waals surface area contributed by atoms with Crippen LogP contribution in [0.3, 0.4) is 0 Å². The van der Waals surface area contributed by atoms with Crippen LogP contribution < -0.4 is 5.32 Å². The highest BCUT2D eigenvalue weighted by Crippen LogP contribution is 2.09. The molecule has 1 N–H and O–H groups in total. The Morgan fingerprint density at radius 2 is 2.00 bits per heavy atom. The number of hydrogen-bond donors (Lipinski definition) is 1. The summed E-state index contributed by atoms with van der Waals surface area (Å²) in [6.07, 6.45) is 2.54. The minimum Gasteiger partial charge on any atom is -0.450 e. The van der Waals surface area contributed by atoms with Crippen molar-refractivity contribution in [3.63, 3.8) is 0 Å². The van der Waals surface area contributed by atoms with Crippen LogP contribution in [-0.2, 0) is 14.8 Å². The van der Waals surface area contributed by atoms with E-state index in [1.165, 1.54) is 15.4 Å². The molecule has 1 aliphatic rings. The summed E-state index contributed by atoms with van der Waals surface area (Å²) in [5, 5.41) is 2.57. The van der Waals surface area contributed by atoms with E-state index in [0.717, 1.165) is 0 Å². The summed E-state index contributed by atoms with van der Waals surface area (Å²) in [6, 6.07) is 3.24. The molecule has 2 heterocycles. The van der Waals surface area contributed by atoms with Crippen molar-refractivity contribution < 1.29 is 22.7 Å². The maximum absolute atomic E-state index is 12.3. The van der Waals surface area contributed by atoms with Gasteiger partial charge < -0.3 is 15.0 Å². The van der Waals surface area contributed by atoms with E-state index in [1.54, 1.807) is 25.3 Å². The van der Waals surface area contributed by atoms with Crippen LogP contribution >= 0.6 is 0 Å². The van der Waals surface area contributed by atoms with Crippen LogP contribution in [0.1, 0.15) is 17.3 Å². The molecule has 1 aromatic heterocycles. The van der Waals surface area contributed by atoms with Crippen molar-refractivity contribution in [3.05, 3.63) is 30.1 Å². The van der Waals surface area contributed by atoms with Gasteiger partial charge in [0.05, 0.1) is 17.9 Å². The van der Waals surface area contributed by atoms with Gasteiger partial charge in [0.1, 0.15) is 0 Å². The number of piperazine rings is 1. The van der Waals surface area contributed by atoms with Gasteiger partial charge in [0.25, 0.3) is 5.91 Å². The summed E-state index contributed by atoms with van der Waals surface area (Å²) in [5.74, 6) is -0.561. The predicted octanol–water partition coefficient (Wildman–Crippen LogP) is -0.0847. The fourth-order valence-corrected chi connectivity index (χ4v) is 3.72. The van der Waals surface area contributed by atoms with E-state index in [0.29, 0.717) is 18.7 Å². The number of carbonyl (C=O) groups is 2. The first-order chi connectivity index (χ1) is 11.9. The van der Waals surface area contributed by atoms with Gasteiger partial charge in [0, 0.05) is 45.1 Å². The van der Waals surface area contributed by atoms with Crippen molar-refractivity contribution >= 4 is 22.0 Å². The third-order valence-corrected chi connectivity index (χ3v) is 5.60. The highest BCUT2D eigenvalue weighted by molar-refractivity contribution is 7.89. The number of carbonyl (C=O) groups excluding carboxylic acids is 2. The van der Waals surface area contributed by atoms with Crippen LogP contribution in [0, 0.1) is 0 Å². The molecule has 2 rings (SSSR count). The first-order valence-electron chi connectivity index (χ1n) is 8.02. The summed E-state index contributed by atoms with van der Waals surface area (Å²) in [5.41, 5.74) is 0.378. The molecular formula is C15H22N4O5S. The summed E-state index contributed by atoms with van der Waals surface area (Å²) < 4.78 is 30.9. The normalized spacial score (nSPS) is 15.6. The minimum atomic E-state index is -3.50. The van der Waals surface area contributed by atoms with E-state index in [1.807, 2.05) is 0 Å². The van der Waals surface area contributed by atoms with Crippen molar-refractivity contribution in [2.24, 2.45) is 0 Å². The lowest BCUT2D eigenvalue weighted by molar-refractivity contribution is 0.0928. The second kappa shape index (κ2) is 8.77. The second-order valence-electron chi connectivity index (χ2n) is 5.40. The molecule has 10 heteroatoms. The molecule has 0 spiro atoms. The summed E-state index contributed by atoms with van der Waals surface area (Å²) in [6.45, 7) is 3.04. The summed E-state index contributed by atoms with van der Waals surface area (Å²) >= 11 is 0. The van der Waals surface area contributed by atoms with Crippen LogP contribution in [0.25, 0.3) is 0 Å². The highest BCUT2D eigenvalue weighted by Gasteiger charge is 2.29. The van der Waals surface area contributed by atoms with Crippen LogP contribution in [0.4, 0.5) is 4.79 Å². The first kappa shape index (κ1) is 19.1. The van der Waals surface area contributed by atoms with Gasteiger partial charge in [0.2, 0.25) is 10.0 Å². The molecule has 138 valence electrons. The Kier molecular flexibility index (Phi) is 6.71. The standard InChI is InChI=1S/C15H22N4O5S/c1-2-24-15(21)18-7-9-19(10-8-18)25(22,23)11-6-17-14(20)13-4-3-5-16-12-13/h3-5,12H,2,6-11H2,1H3,(H,17,20). The van der Waals surface area contributed by atoms with Crippen molar-refractivity contribution in [3.8, 4) is 0 Å². The van der Waals surface area contributed by atoms with Crippen LogP contribution in [-0.4, -0.2) is 79.7 Å². The number of rotatable bonds is 6. The number of aromatic nitrogens is 1. The lowest BCUT2D eigenvalue weighted by Crippen LogP contribution is -2.51. The molecule has 1 fully saturated rings. The lowest BCUT2D eigenvalue weighted by Gasteiger charge is -2.33. The maximum Gasteiger partial charge on any atom is 0.409 e. The van der Waals surface area contributed by atoms with E-state index in [9.17, 15) is 18.0 Å². The smallest absolute Gasteiger partial charge is 0.409 e. The summed E-state index contributed by atoms with van der Waals surface area (Å²) in [4.78, 5) is 28.8. The van der Waals surface area contributed by atoms with Gasteiger partial charge >= 0.3 is 6.09 Å². The van der Waals surface area contributed by atoms with E-state index in [2.05, 4.69) is 10.3 Å². The van der Waals surface area contributed by atoms with E-state index in [-0.39, 0.29) is 37.9 Å². The fourth-order valence-electron chi connectivity index (χ4n) is 2.39. The molecule has 2 amide bonds. The molecule has 0 radical (unpaired) electrons. The monoisotopic (exact) mass is 370 g/mol. The third-order valence-electron chi connectivity index (χ3n) is 3.73. The van der Waals surface area contributed by atoms with Gasteiger partial charge in [-0.05, 0) is 19.1 Å². The second-order valence-corrected chi connectivity index (χ2v) is 7.49. The Bertz CT molecular complexity index is 687. The zero-order valence-corrected chi connectivity index (χ0v) is 14.9. The molecule has 25 heavy (non-hydrogen) atoms. The zero-order chi connectivity index (χ0) is 18.3. The fraction of sp³-hybridized carbons (Fsp3) is 0.533. The largest absolute Gasteiger partial charge is 0.450 e. The molecular weight excluding hydrogens is 348 g/mol. The van der Waals surface area contributed by atoms with Crippen molar-refractivity contribution in [1.29, 1.82) is 0 Å². The quantitative estimate of drug-likeness (QED) is 0.750. The molecule has 0 unspecified atom stereocenters. The van der Waals surface area contributed by atoms with Crippen molar-refractivity contribution in [2.45, 2.75) is 6.92 Å². The average Bonchev–Trinajstić information content (AvgIpc) is 2.62. The Morgan fingerprint density at radius 1 is 1.28 bits per heavy atom. The topological polar surface area (TPSA) is 109 Å². The molecule has 0 bridgehead atoms. The van der Waals surface area contributed by atoms with Gasteiger partial charge in [-0.1, -0.05) is 0 Å². The summed E-state index contributed by atoms with van der Waals surface area (Å²) in [7, 11) is -3.50. The van der Waals surface area contributed by atoms with E-state index >= 15 is 0 Å². The van der Waals surface area contributed by atoms with Crippen LogP contribution in [0.5, 0.6) is 0 Å². The van der Waals surface area contributed by atoms with Gasteiger partial charge in [-0.25, -0.2) is 13.2 Å². The Labute approximate surface area is 147 Å². The Morgan fingerprint density at radius 3 is 2.60 bits per heavy atom. The lowest BCUT2D eigenvalue weighted by atomic mass is 10.3. The molecule has 1 saturated heterocycles. The number of sulfonamides is 1. The van der Waals surface area contributed by atoms with Gasteiger partial charge in [-0.2, -0.15) is 4.31 Å². The molecule has 0 saturated carbocycles. The molecule has 1 aliphatic heterocycles. The minimum absolute atomic E-state index is 0.00809. The molecule has 0 atom stereocenters. The number of hydrogen-bond acceptors (Lipinski definition) is 6. The van der Waals surface area contributed by atoms with E-state index in [4.69, 9.17) is 4.74 Å². The van der Waals surface area contributed by atoms with Crippen molar-refractivity contribution in [1.82, 2.24) is 19.5 Å². The van der Waals surface area contributed by atoms with Gasteiger partial charge in [-0.3, -0.25) is 9.78 Å². The first-order valence-corrected chi connectivity index (χ1v) is 9.62. The predicted molar refractivity (Wildman–Crippen MR) is 90.5 cm³/mol. The van der Waals surface area contributed by atoms with E-state index < -0.39 is 16.1 Å². The molecule has 0 aromatic carbocycles.